The van der Waals surface area contributed by atoms with Gasteiger partial charge in [0.1, 0.15) is 12.4 Å². The van der Waals surface area contributed by atoms with Crippen LogP contribution in [0.25, 0.3) is 0 Å². The zero-order chi connectivity index (χ0) is 25.2. The van der Waals surface area contributed by atoms with Crippen molar-refractivity contribution in [1.29, 1.82) is 0 Å². The Kier molecular flexibility index (Phi) is 6.36. The summed E-state index contributed by atoms with van der Waals surface area (Å²) in [6.45, 7) is 2.16. The lowest BCUT2D eigenvalue weighted by molar-refractivity contribution is -0.385. The zero-order valence-electron chi connectivity index (χ0n) is 18.4. The Morgan fingerprint density at radius 2 is 1.83 bits per heavy atom. The molecule has 2 aromatic carbocycles. The molecule has 4 rings (SSSR count). The number of alkyl halides is 3. The predicted octanol–water partition coefficient (Wildman–Crippen LogP) is 4.66. The number of nitrogens with zero attached hydrogens (tertiary/aromatic N) is 5. The second kappa shape index (κ2) is 9.41. The Morgan fingerprint density at radius 1 is 1.09 bits per heavy atom. The first-order valence-corrected chi connectivity index (χ1v) is 10.4. The lowest BCUT2D eigenvalue weighted by Gasteiger charge is -2.09. The van der Waals surface area contributed by atoms with E-state index >= 15 is 0 Å². The summed E-state index contributed by atoms with van der Waals surface area (Å²) in [5, 5.41) is 21.7. The topological polar surface area (TPSA) is 108 Å². The highest BCUT2D eigenvalue weighted by Crippen LogP contribution is 2.29. The van der Waals surface area contributed by atoms with Crippen LogP contribution in [0.2, 0.25) is 0 Å². The van der Waals surface area contributed by atoms with E-state index < -0.39 is 22.6 Å². The van der Waals surface area contributed by atoms with Gasteiger partial charge in [-0.15, -0.1) is 0 Å². The highest BCUT2D eigenvalue weighted by atomic mass is 19.4. The van der Waals surface area contributed by atoms with Crippen molar-refractivity contribution >= 4 is 17.4 Å². The second-order valence-corrected chi connectivity index (χ2v) is 7.83. The van der Waals surface area contributed by atoms with Crippen LogP contribution in [0.15, 0.2) is 67.0 Å². The van der Waals surface area contributed by atoms with Gasteiger partial charge < -0.3 is 5.32 Å². The third-order valence-electron chi connectivity index (χ3n) is 5.20. The Balaban J connectivity index is 1.40. The minimum absolute atomic E-state index is 0.108. The fraction of sp³-hybridized carbons (Fsp3) is 0.174. The van der Waals surface area contributed by atoms with Gasteiger partial charge in [0, 0.05) is 17.3 Å². The average molecular weight is 484 g/mol. The Morgan fingerprint density at radius 3 is 2.49 bits per heavy atom. The molecule has 0 aliphatic heterocycles. The Bertz CT molecular complexity index is 1380. The van der Waals surface area contributed by atoms with E-state index in [1.54, 1.807) is 43.3 Å². The fourth-order valence-corrected chi connectivity index (χ4v) is 3.42. The molecule has 0 bridgehead atoms. The number of halogens is 3. The van der Waals surface area contributed by atoms with Gasteiger partial charge in [0.25, 0.3) is 5.91 Å². The van der Waals surface area contributed by atoms with E-state index in [1.807, 2.05) is 0 Å². The monoisotopic (exact) mass is 484 g/mol. The maximum atomic E-state index is 13.0. The van der Waals surface area contributed by atoms with Crippen molar-refractivity contribution in [3.8, 4) is 0 Å². The van der Waals surface area contributed by atoms with Gasteiger partial charge in [0.2, 0.25) is 0 Å². The van der Waals surface area contributed by atoms with Gasteiger partial charge in [0.05, 0.1) is 23.6 Å². The van der Waals surface area contributed by atoms with Crippen LogP contribution in [0.5, 0.6) is 0 Å². The molecule has 0 atom stereocenters. The summed E-state index contributed by atoms with van der Waals surface area (Å²) >= 11 is 0. The number of anilines is 1. The number of benzene rings is 2. The highest BCUT2D eigenvalue weighted by Gasteiger charge is 2.30. The Labute approximate surface area is 197 Å². The van der Waals surface area contributed by atoms with Gasteiger partial charge in [-0.2, -0.15) is 23.4 Å². The number of hydrogen-bond donors (Lipinski definition) is 1. The molecule has 0 unspecified atom stereocenters. The molecule has 0 fully saturated rings. The lowest BCUT2D eigenvalue weighted by Crippen LogP contribution is -2.13. The van der Waals surface area contributed by atoms with E-state index in [0.717, 1.165) is 23.9 Å². The summed E-state index contributed by atoms with van der Waals surface area (Å²) < 4.78 is 41.8. The largest absolute Gasteiger partial charge is 0.416 e. The summed E-state index contributed by atoms with van der Waals surface area (Å²) in [4.78, 5) is 22.8. The van der Waals surface area contributed by atoms with Crippen LogP contribution < -0.4 is 5.32 Å². The van der Waals surface area contributed by atoms with E-state index in [4.69, 9.17) is 0 Å². The number of nitrogens with one attached hydrogen (secondary N) is 1. The van der Waals surface area contributed by atoms with E-state index in [0.29, 0.717) is 23.4 Å². The number of amides is 1. The van der Waals surface area contributed by atoms with Gasteiger partial charge in [-0.1, -0.05) is 24.3 Å². The molecule has 2 heterocycles. The van der Waals surface area contributed by atoms with Gasteiger partial charge in [0.15, 0.2) is 5.82 Å². The van der Waals surface area contributed by atoms with Crippen molar-refractivity contribution < 1.29 is 22.9 Å². The number of aryl methyl sites for hydroxylation is 1. The van der Waals surface area contributed by atoms with E-state index in [-0.39, 0.29) is 18.1 Å². The number of aromatic nitrogens is 4. The number of nitro groups is 1. The summed E-state index contributed by atoms with van der Waals surface area (Å²) in [6, 6.07) is 13.3. The molecule has 4 aromatic rings. The number of hydrogen-bond acceptors (Lipinski definition) is 5. The van der Waals surface area contributed by atoms with E-state index in [9.17, 15) is 28.1 Å². The molecule has 0 aliphatic rings. The quantitative estimate of drug-likeness (QED) is 0.303. The van der Waals surface area contributed by atoms with Crippen LogP contribution in [-0.2, 0) is 19.3 Å². The average Bonchev–Trinajstić information content (AvgIpc) is 3.40. The van der Waals surface area contributed by atoms with Crippen molar-refractivity contribution in [1.82, 2.24) is 19.6 Å². The standard InChI is InChI=1S/C23H19F3N6O3/c1-15-9-21(29-31(15)13-17-3-2-4-19(10-17)23(24,25)26)28-22(33)18-7-5-16(6-8-18)12-30-14-20(11-27-30)32(34)35/h2-11,14H,12-13H2,1H3,(H,28,29,33). The predicted molar refractivity (Wildman–Crippen MR) is 120 cm³/mol. The number of rotatable bonds is 7. The summed E-state index contributed by atoms with van der Waals surface area (Å²) in [6.07, 6.45) is -1.95. The van der Waals surface area contributed by atoms with E-state index in [2.05, 4.69) is 15.5 Å². The van der Waals surface area contributed by atoms with E-state index in [1.165, 1.54) is 21.6 Å². The van der Waals surface area contributed by atoms with Crippen molar-refractivity contribution in [3.05, 3.63) is 105 Å². The lowest BCUT2D eigenvalue weighted by atomic mass is 10.1. The highest BCUT2D eigenvalue weighted by molar-refractivity contribution is 6.03. The molecule has 180 valence electrons. The minimum Gasteiger partial charge on any atom is -0.305 e. The van der Waals surface area contributed by atoms with Gasteiger partial charge >= 0.3 is 11.9 Å². The first kappa shape index (κ1) is 23.7. The van der Waals surface area contributed by atoms with Crippen LogP contribution in [-0.4, -0.2) is 30.4 Å². The van der Waals surface area contributed by atoms with Crippen LogP contribution in [0.4, 0.5) is 24.7 Å². The van der Waals surface area contributed by atoms with Crippen molar-refractivity contribution in [2.45, 2.75) is 26.2 Å². The maximum absolute atomic E-state index is 13.0. The van der Waals surface area contributed by atoms with Crippen LogP contribution in [0.3, 0.4) is 0 Å². The zero-order valence-corrected chi connectivity index (χ0v) is 18.4. The Hall–Kier alpha value is -4.48. The molecule has 1 N–H and O–H groups in total. The molecule has 0 spiro atoms. The molecule has 2 aromatic heterocycles. The summed E-state index contributed by atoms with van der Waals surface area (Å²) in [5.74, 6) is -0.137. The van der Waals surface area contributed by atoms with Gasteiger partial charge in [-0.3, -0.25) is 24.3 Å². The van der Waals surface area contributed by atoms with Gasteiger partial charge in [-0.05, 0) is 42.3 Å². The normalized spacial score (nSPS) is 11.4. The third-order valence-corrected chi connectivity index (χ3v) is 5.20. The molecule has 0 saturated carbocycles. The molecule has 35 heavy (non-hydrogen) atoms. The van der Waals surface area contributed by atoms with Crippen molar-refractivity contribution in [2.75, 3.05) is 5.32 Å². The van der Waals surface area contributed by atoms with Crippen LogP contribution in [0, 0.1) is 17.0 Å². The summed E-state index contributed by atoms with van der Waals surface area (Å²) in [5.41, 5.74) is 1.42. The molecule has 0 saturated heterocycles. The van der Waals surface area contributed by atoms with Crippen LogP contribution >= 0.6 is 0 Å². The molecule has 0 aliphatic carbocycles. The van der Waals surface area contributed by atoms with Gasteiger partial charge in [-0.25, -0.2) is 0 Å². The summed E-state index contributed by atoms with van der Waals surface area (Å²) in [7, 11) is 0. The fourth-order valence-electron chi connectivity index (χ4n) is 3.42. The first-order valence-electron chi connectivity index (χ1n) is 10.4. The number of carbonyl (C=O) groups is 1. The SMILES string of the molecule is Cc1cc(NC(=O)c2ccc(Cn3cc([N+](=O)[O-])cn3)cc2)nn1Cc1cccc(C(F)(F)F)c1. The number of carbonyl (C=O) groups excluding carboxylic acids is 1. The molecule has 9 nitrogen and oxygen atoms in total. The van der Waals surface area contributed by atoms with Crippen molar-refractivity contribution in [3.63, 3.8) is 0 Å². The maximum Gasteiger partial charge on any atom is 0.416 e. The molecule has 12 heteroatoms. The van der Waals surface area contributed by atoms with Crippen molar-refractivity contribution in [2.24, 2.45) is 0 Å². The first-order chi connectivity index (χ1) is 16.6. The minimum atomic E-state index is -4.43. The molecule has 0 radical (unpaired) electrons. The molecular weight excluding hydrogens is 465 g/mol. The molecular formula is C23H19F3N6O3. The van der Waals surface area contributed by atoms with Crippen LogP contribution in [0.1, 0.15) is 32.7 Å². The second-order valence-electron chi connectivity index (χ2n) is 7.83. The molecule has 1 amide bonds. The smallest absolute Gasteiger partial charge is 0.305 e. The third kappa shape index (κ3) is 5.72.